The first kappa shape index (κ1) is 17.3. The Morgan fingerprint density at radius 1 is 1.19 bits per heavy atom. The Balaban J connectivity index is 2.87. The predicted octanol–water partition coefficient (Wildman–Crippen LogP) is 1.76. The van der Waals surface area contributed by atoms with Crippen molar-refractivity contribution in [3.63, 3.8) is 0 Å². The normalized spacial score (nSPS) is 11.6. The van der Waals surface area contributed by atoms with Crippen LogP contribution in [0.3, 0.4) is 0 Å². The van der Waals surface area contributed by atoms with Crippen LogP contribution in [0.5, 0.6) is 0 Å². The van der Waals surface area contributed by atoms with Gasteiger partial charge in [-0.3, -0.25) is 14.4 Å². The standard InChI is InChI=1S/C13H14Cl2N2O4/c1-7(18)16-6-12(19)17-11(5-13(20)21)8-2-9(14)4-10(15)3-8/h2-4,11H,5-6H2,1H3,(H,16,18)(H,17,19)(H,20,21). The fourth-order valence-electron chi connectivity index (χ4n) is 1.65. The Kier molecular flexibility index (Phi) is 6.45. The van der Waals surface area contributed by atoms with Gasteiger partial charge in [-0.2, -0.15) is 0 Å². The summed E-state index contributed by atoms with van der Waals surface area (Å²) in [5.74, 6) is -1.95. The summed E-state index contributed by atoms with van der Waals surface area (Å²) < 4.78 is 0. The number of carbonyl (C=O) groups is 3. The number of hydrogen-bond acceptors (Lipinski definition) is 3. The molecule has 21 heavy (non-hydrogen) atoms. The molecule has 0 aromatic heterocycles. The molecule has 0 aliphatic heterocycles. The Hall–Kier alpha value is -1.79. The third-order valence-electron chi connectivity index (χ3n) is 2.50. The van der Waals surface area contributed by atoms with E-state index in [4.69, 9.17) is 28.3 Å². The molecule has 1 aromatic rings. The van der Waals surface area contributed by atoms with E-state index in [1.165, 1.54) is 25.1 Å². The average Bonchev–Trinajstić information content (AvgIpc) is 2.33. The molecular weight excluding hydrogens is 319 g/mol. The maximum absolute atomic E-state index is 11.7. The molecule has 2 amide bonds. The third-order valence-corrected chi connectivity index (χ3v) is 2.94. The van der Waals surface area contributed by atoms with Gasteiger partial charge in [0.1, 0.15) is 0 Å². The van der Waals surface area contributed by atoms with Crippen LogP contribution in [0.15, 0.2) is 18.2 Å². The number of hydrogen-bond donors (Lipinski definition) is 3. The summed E-state index contributed by atoms with van der Waals surface area (Å²) in [4.78, 5) is 33.4. The minimum Gasteiger partial charge on any atom is -0.481 e. The quantitative estimate of drug-likeness (QED) is 0.739. The van der Waals surface area contributed by atoms with E-state index < -0.39 is 17.9 Å². The lowest BCUT2D eigenvalue weighted by Crippen LogP contribution is -2.38. The number of amides is 2. The van der Waals surface area contributed by atoms with Crippen LogP contribution in [-0.4, -0.2) is 29.4 Å². The van der Waals surface area contributed by atoms with Crippen LogP contribution in [0.1, 0.15) is 24.9 Å². The van der Waals surface area contributed by atoms with Crippen LogP contribution in [-0.2, 0) is 14.4 Å². The van der Waals surface area contributed by atoms with Gasteiger partial charge in [0.2, 0.25) is 11.8 Å². The maximum Gasteiger partial charge on any atom is 0.305 e. The van der Waals surface area contributed by atoms with Crippen LogP contribution in [0.4, 0.5) is 0 Å². The lowest BCUT2D eigenvalue weighted by molar-refractivity contribution is -0.138. The van der Waals surface area contributed by atoms with E-state index in [1.54, 1.807) is 0 Å². The Labute approximate surface area is 131 Å². The van der Waals surface area contributed by atoms with E-state index in [0.717, 1.165) is 0 Å². The van der Waals surface area contributed by atoms with Crippen LogP contribution >= 0.6 is 23.2 Å². The smallest absolute Gasteiger partial charge is 0.305 e. The lowest BCUT2D eigenvalue weighted by atomic mass is 10.0. The molecule has 0 saturated heterocycles. The van der Waals surface area contributed by atoms with Gasteiger partial charge in [0.05, 0.1) is 19.0 Å². The molecule has 0 bridgehead atoms. The van der Waals surface area contributed by atoms with Crippen molar-refractivity contribution < 1.29 is 19.5 Å². The van der Waals surface area contributed by atoms with Crippen LogP contribution in [0.25, 0.3) is 0 Å². The number of nitrogens with one attached hydrogen (secondary N) is 2. The molecule has 1 unspecified atom stereocenters. The monoisotopic (exact) mass is 332 g/mol. The molecule has 6 nitrogen and oxygen atoms in total. The van der Waals surface area contributed by atoms with Crippen LogP contribution in [0.2, 0.25) is 10.0 Å². The highest BCUT2D eigenvalue weighted by Crippen LogP contribution is 2.25. The predicted molar refractivity (Wildman–Crippen MR) is 78.3 cm³/mol. The third kappa shape index (κ3) is 6.46. The van der Waals surface area contributed by atoms with E-state index in [9.17, 15) is 14.4 Å². The van der Waals surface area contributed by atoms with Crippen molar-refractivity contribution in [2.45, 2.75) is 19.4 Å². The first-order valence-electron chi connectivity index (χ1n) is 5.99. The Bertz CT molecular complexity index is 543. The van der Waals surface area contributed by atoms with Gasteiger partial charge in [0.25, 0.3) is 0 Å². The summed E-state index contributed by atoms with van der Waals surface area (Å²) in [6.45, 7) is 1.04. The average molecular weight is 333 g/mol. The summed E-state index contributed by atoms with van der Waals surface area (Å²) in [5, 5.41) is 14.5. The van der Waals surface area contributed by atoms with E-state index in [2.05, 4.69) is 10.6 Å². The van der Waals surface area contributed by atoms with Gasteiger partial charge in [-0.05, 0) is 23.8 Å². The van der Waals surface area contributed by atoms with Crippen molar-refractivity contribution in [2.75, 3.05) is 6.54 Å². The summed E-state index contributed by atoms with van der Waals surface area (Å²) >= 11 is 11.7. The molecule has 8 heteroatoms. The van der Waals surface area contributed by atoms with Crippen molar-refractivity contribution in [3.8, 4) is 0 Å². The molecule has 0 aliphatic rings. The zero-order chi connectivity index (χ0) is 16.0. The molecule has 3 N–H and O–H groups in total. The molecular formula is C13H14Cl2N2O4. The number of aliphatic carboxylic acids is 1. The summed E-state index contributed by atoms with van der Waals surface area (Å²) in [5.41, 5.74) is 0.478. The van der Waals surface area contributed by atoms with E-state index >= 15 is 0 Å². The first-order chi connectivity index (χ1) is 9.77. The molecule has 0 aliphatic carbocycles. The highest BCUT2D eigenvalue weighted by atomic mass is 35.5. The van der Waals surface area contributed by atoms with Gasteiger partial charge in [-0.25, -0.2) is 0 Å². The molecule has 1 atom stereocenters. The van der Waals surface area contributed by atoms with Crippen molar-refractivity contribution in [3.05, 3.63) is 33.8 Å². The SMILES string of the molecule is CC(=O)NCC(=O)NC(CC(=O)O)c1cc(Cl)cc(Cl)c1. The van der Waals surface area contributed by atoms with Gasteiger partial charge in [0, 0.05) is 17.0 Å². The van der Waals surface area contributed by atoms with Crippen LogP contribution in [0, 0.1) is 0 Å². The fourth-order valence-corrected chi connectivity index (χ4v) is 2.20. The highest BCUT2D eigenvalue weighted by molar-refractivity contribution is 6.34. The van der Waals surface area contributed by atoms with Crippen molar-refractivity contribution in [1.82, 2.24) is 10.6 Å². The molecule has 0 heterocycles. The number of halogens is 2. The van der Waals surface area contributed by atoms with E-state index in [0.29, 0.717) is 15.6 Å². The van der Waals surface area contributed by atoms with Gasteiger partial charge in [-0.1, -0.05) is 23.2 Å². The number of carboxylic acids is 1. The zero-order valence-electron chi connectivity index (χ0n) is 11.2. The minimum atomic E-state index is -1.09. The molecule has 1 aromatic carbocycles. The van der Waals surface area contributed by atoms with Gasteiger partial charge < -0.3 is 15.7 Å². The summed E-state index contributed by atoms with van der Waals surface area (Å²) in [7, 11) is 0. The second kappa shape index (κ2) is 7.85. The lowest BCUT2D eigenvalue weighted by Gasteiger charge is -2.18. The second-order valence-electron chi connectivity index (χ2n) is 4.33. The first-order valence-corrected chi connectivity index (χ1v) is 6.75. The molecule has 0 radical (unpaired) electrons. The van der Waals surface area contributed by atoms with Crippen molar-refractivity contribution in [1.29, 1.82) is 0 Å². The van der Waals surface area contributed by atoms with E-state index in [-0.39, 0.29) is 18.9 Å². The molecule has 0 fully saturated rings. The highest BCUT2D eigenvalue weighted by Gasteiger charge is 2.19. The minimum absolute atomic E-state index is 0.236. The van der Waals surface area contributed by atoms with Gasteiger partial charge >= 0.3 is 5.97 Å². The second-order valence-corrected chi connectivity index (χ2v) is 5.20. The Morgan fingerprint density at radius 3 is 2.24 bits per heavy atom. The summed E-state index contributed by atoms with van der Waals surface area (Å²) in [6.07, 6.45) is -0.331. The van der Waals surface area contributed by atoms with Crippen molar-refractivity contribution >= 4 is 41.0 Å². The van der Waals surface area contributed by atoms with Crippen LogP contribution < -0.4 is 10.6 Å². The number of carboxylic acid groups (broad SMARTS) is 1. The molecule has 1 rings (SSSR count). The molecule has 0 saturated carbocycles. The summed E-state index contributed by atoms with van der Waals surface area (Å²) in [6, 6.07) is 3.77. The van der Waals surface area contributed by atoms with Crippen molar-refractivity contribution in [2.24, 2.45) is 0 Å². The maximum atomic E-state index is 11.7. The molecule has 0 spiro atoms. The van der Waals surface area contributed by atoms with Gasteiger partial charge in [0.15, 0.2) is 0 Å². The largest absolute Gasteiger partial charge is 0.481 e. The Morgan fingerprint density at radius 2 is 1.76 bits per heavy atom. The number of benzene rings is 1. The fraction of sp³-hybridized carbons (Fsp3) is 0.308. The topological polar surface area (TPSA) is 95.5 Å². The molecule has 114 valence electrons. The van der Waals surface area contributed by atoms with Gasteiger partial charge in [-0.15, -0.1) is 0 Å². The van der Waals surface area contributed by atoms with E-state index in [1.807, 2.05) is 0 Å². The number of carbonyl (C=O) groups excluding carboxylic acids is 2. The number of rotatable bonds is 6. The zero-order valence-corrected chi connectivity index (χ0v) is 12.7.